The van der Waals surface area contributed by atoms with E-state index in [9.17, 15) is 13.8 Å². The van der Waals surface area contributed by atoms with Crippen LogP contribution in [-0.2, 0) is 59.8 Å². The standard InChI is InChI=1S/C24H33NO11S/c1-23(2)31-12-16(33-23)17-18(19-21(32-17)35-24(3,4)34-19)36-37(28)13-15(20(26)29-5)25-22(27)30-11-14-9-7-6-8-10-14/h6-10,15-19,21H,11-13H2,1-5H3,(H,25,27)/t15-,16+,17+,18-,19+,21+,37?/m0/s1. The van der Waals surface area contributed by atoms with Crippen LogP contribution in [0.3, 0.4) is 0 Å². The predicted molar refractivity (Wildman–Crippen MR) is 127 cm³/mol. The number of nitrogens with one attached hydrogen (secondary N) is 1. The van der Waals surface area contributed by atoms with Gasteiger partial charge in [-0.25, -0.2) is 13.8 Å². The van der Waals surface area contributed by atoms with E-state index in [0.717, 1.165) is 12.7 Å². The quantitative estimate of drug-likeness (QED) is 0.454. The molecule has 0 aromatic heterocycles. The van der Waals surface area contributed by atoms with Crippen LogP contribution in [0.2, 0.25) is 0 Å². The van der Waals surface area contributed by atoms with Crippen LogP contribution < -0.4 is 5.32 Å². The molecule has 3 aliphatic heterocycles. The fourth-order valence-electron chi connectivity index (χ4n) is 4.31. The van der Waals surface area contributed by atoms with E-state index in [1.807, 2.05) is 18.2 Å². The Bertz CT molecular complexity index is 988. The Morgan fingerprint density at radius 3 is 2.46 bits per heavy atom. The lowest BCUT2D eigenvalue weighted by molar-refractivity contribution is -0.230. The molecule has 3 aliphatic rings. The van der Waals surface area contributed by atoms with E-state index >= 15 is 0 Å². The maximum absolute atomic E-state index is 13.1. The Kier molecular flexibility index (Phi) is 8.53. The van der Waals surface area contributed by atoms with Gasteiger partial charge < -0.3 is 38.5 Å². The number of fused-ring (bicyclic) bond motifs is 1. The molecule has 13 heteroatoms. The highest BCUT2D eigenvalue weighted by atomic mass is 32.2. The van der Waals surface area contributed by atoms with Gasteiger partial charge in [0.05, 0.1) is 19.5 Å². The van der Waals surface area contributed by atoms with Gasteiger partial charge in [0.25, 0.3) is 0 Å². The summed E-state index contributed by atoms with van der Waals surface area (Å²) < 4.78 is 58.3. The van der Waals surface area contributed by atoms with Crippen molar-refractivity contribution >= 4 is 23.1 Å². The number of alkyl carbamates (subject to hydrolysis) is 1. The minimum atomic E-state index is -2.08. The molecule has 0 bridgehead atoms. The lowest BCUT2D eigenvalue weighted by atomic mass is 10.1. The van der Waals surface area contributed by atoms with Crippen molar-refractivity contribution in [2.45, 2.75) is 82.6 Å². The summed E-state index contributed by atoms with van der Waals surface area (Å²) in [6.07, 6.45) is -4.43. The van der Waals surface area contributed by atoms with Gasteiger partial charge in [-0.05, 0) is 33.3 Å². The van der Waals surface area contributed by atoms with Crippen molar-refractivity contribution in [3.63, 3.8) is 0 Å². The molecule has 1 amide bonds. The molecular formula is C24H33NO11S. The number of carbonyl (C=O) groups excluding carboxylic acids is 2. The van der Waals surface area contributed by atoms with Crippen LogP contribution in [-0.4, -0.2) is 84.1 Å². The molecule has 4 rings (SSSR count). The van der Waals surface area contributed by atoms with Crippen LogP contribution in [0.4, 0.5) is 4.79 Å². The second kappa shape index (κ2) is 11.3. The third-order valence-electron chi connectivity index (χ3n) is 5.94. The molecule has 1 unspecified atom stereocenters. The number of methoxy groups -OCH3 is 1. The van der Waals surface area contributed by atoms with Crippen molar-refractivity contribution in [1.82, 2.24) is 5.32 Å². The number of rotatable bonds is 9. The van der Waals surface area contributed by atoms with Gasteiger partial charge in [-0.1, -0.05) is 30.3 Å². The van der Waals surface area contributed by atoms with Crippen molar-refractivity contribution < 1.29 is 51.1 Å². The largest absolute Gasteiger partial charge is 0.467 e. The molecule has 3 saturated heterocycles. The molecule has 0 saturated carbocycles. The van der Waals surface area contributed by atoms with E-state index < -0.39 is 77.2 Å². The van der Waals surface area contributed by atoms with Gasteiger partial charge in [-0.2, -0.15) is 0 Å². The molecule has 1 N–H and O–H groups in total. The number of hydrogen-bond donors (Lipinski definition) is 1. The van der Waals surface area contributed by atoms with Gasteiger partial charge in [0.2, 0.25) is 0 Å². The normalized spacial score (nSPS) is 31.3. The first kappa shape index (κ1) is 27.9. The second-order valence-corrected chi connectivity index (χ2v) is 10.9. The Labute approximate surface area is 217 Å². The Hall–Kier alpha value is -2.13. The van der Waals surface area contributed by atoms with Crippen molar-refractivity contribution in [2.75, 3.05) is 19.5 Å². The van der Waals surface area contributed by atoms with Crippen LogP contribution in [0.5, 0.6) is 0 Å². The van der Waals surface area contributed by atoms with Gasteiger partial charge in [-0.15, -0.1) is 0 Å². The summed E-state index contributed by atoms with van der Waals surface area (Å²) in [7, 11) is 1.16. The second-order valence-electron chi connectivity index (χ2n) is 9.75. The molecular weight excluding hydrogens is 510 g/mol. The number of carbonyl (C=O) groups is 2. The van der Waals surface area contributed by atoms with E-state index in [1.165, 1.54) is 0 Å². The molecule has 3 heterocycles. The predicted octanol–water partition coefficient (Wildman–Crippen LogP) is 1.53. The summed E-state index contributed by atoms with van der Waals surface area (Å²) in [6, 6.07) is 7.75. The molecule has 3 fully saturated rings. The third kappa shape index (κ3) is 7.05. The highest BCUT2D eigenvalue weighted by Gasteiger charge is 2.59. The van der Waals surface area contributed by atoms with Crippen LogP contribution in [0, 0.1) is 0 Å². The monoisotopic (exact) mass is 543 g/mol. The summed E-state index contributed by atoms with van der Waals surface area (Å²) >= 11 is -2.08. The summed E-state index contributed by atoms with van der Waals surface area (Å²) in [6.45, 7) is 7.24. The number of amides is 1. The molecule has 1 aromatic carbocycles. The zero-order chi connectivity index (χ0) is 26.8. The smallest absolute Gasteiger partial charge is 0.408 e. The van der Waals surface area contributed by atoms with E-state index in [4.69, 9.17) is 37.3 Å². The average Bonchev–Trinajstić information content (AvgIpc) is 3.46. The van der Waals surface area contributed by atoms with Gasteiger partial charge in [0, 0.05) is 0 Å². The molecule has 206 valence electrons. The number of esters is 1. The van der Waals surface area contributed by atoms with Gasteiger partial charge in [0.15, 0.2) is 28.9 Å². The SMILES string of the molecule is COC(=O)[C@H](CS(=O)O[C@@H]1[C@H]2OC(C)(C)O[C@H]2O[C@@H]1[C@H]1COC(C)(C)O1)NC(=O)OCc1ccccc1. The number of ether oxygens (including phenoxy) is 7. The summed E-state index contributed by atoms with van der Waals surface area (Å²) in [5.41, 5.74) is 0.768. The van der Waals surface area contributed by atoms with Crippen molar-refractivity contribution in [3.05, 3.63) is 35.9 Å². The third-order valence-corrected chi connectivity index (χ3v) is 6.98. The molecule has 0 spiro atoms. The first-order valence-corrected chi connectivity index (χ1v) is 13.1. The van der Waals surface area contributed by atoms with E-state index in [1.54, 1.807) is 39.8 Å². The van der Waals surface area contributed by atoms with Crippen molar-refractivity contribution in [1.29, 1.82) is 0 Å². The maximum Gasteiger partial charge on any atom is 0.408 e. The fraction of sp³-hybridized carbons (Fsp3) is 0.667. The van der Waals surface area contributed by atoms with Gasteiger partial charge in [-0.3, -0.25) is 4.18 Å². The zero-order valence-corrected chi connectivity index (χ0v) is 22.2. The Morgan fingerprint density at radius 1 is 1.08 bits per heavy atom. The van der Waals surface area contributed by atoms with Gasteiger partial charge in [0.1, 0.15) is 37.1 Å². The highest BCUT2D eigenvalue weighted by Crippen LogP contribution is 2.42. The van der Waals surface area contributed by atoms with E-state index in [2.05, 4.69) is 5.32 Å². The first-order valence-electron chi connectivity index (χ1n) is 11.9. The lowest BCUT2D eigenvalue weighted by Gasteiger charge is -2.28. The minimum absolute atomic E-state index is 0.00273. The molecule has 0 aliphatic carbocycles. The summed E-state index contributed by atoms with van der Waals surface area (Å²) in [5.74, 6) is -2.96. The molecule has 0 radical (unpaired) electrons. The first-order chi connectivity index (χ1) is 17.5. The molecule has 7 atom stereocenters. The average molecular weight is 544 g/mol. The summed E-state index contributed by atoms with van der Waals surface area (Å²) in [5, 5.41) is 2.39. The molecule has 37 heavy (non-hydrogen) atoms. The van der Waals surface area contributed by atoms with Crippen molar-refractivity contribution in [3.8, 4) is 0 Å². The lowest BCUT2D eigenvalue weighted by Crippen LogP contribution is -2.48. The van der Waals surface area contributed by atoms with Gasteiger partial charge >= 0.3 is 12.1 Å². The molecule has 1 aromatic rings. The van der Waals surface area contributed by atoms with Crippen LogP contribution in [0.25, 0.3) is 0 Å². The summed E-state index contributed by atoms with van der Waals surface area (Å²) in [4.78, 5) is 24.6. The number of hydrogen-bond acceptors (Lipinski definition) is 11. The zero-order valence-electron chi connectivity index (χ0n) is 21.4. The number of benzene rings is 1. The van der Waals surface area contributed by atoms with E-state index in [0.29, 0.717) is 0 Å². The van der Waals surface area contributed by atoms with Crippen LogP contribution in [0.1, 0.15) is 33.3 Å². The maximum atomic E-state index is 13.1. The van der Waals surface area contributed by atoms with E-state index in [-0.39, 0.29) is 13.2 Å². The van der Waals surface area contributed by atoms with Crippen LogP contribution >= 0.6 is 0 Å². The highest BCUT2D eigenvalue weighted by molar-refractivity contribution is 7.80. The van der Waals surface area contributed by atoms with Crippen molar-refractivity contribution in [2.24, 2.45) is 0 Å². The molecule has 12 nitrogen and oxygen atoms in total. The Morgan fingerprint density at radius 2 is 1.81 bits per heavy atom. The topological polar surface area (TPSA) is 137 Å². The van der Waals surface area contributed by atoms with Crippen LogP contribution in [0.15, 0.2) is 30.3 Å². The Balaban J connectivity index is 1.39. The minimum Gasteiger partial charge on any atom is -0.467 e. The fourth-order valence-corrected chi connectivity index (χ4v) is 5.34.